The minimum absolute atomic E-state index is 0.166. The van der Waals surface area contributed by atoms with Gasteiger partial charge in [-0.1, -0.05) is 31.2 Å². The van der Waals surface area contributed by atoms with Gasteiger partial charge in [-0.05, 0) is 24.8 Å². The molecule has 4 nitrogen and oxygen atoms in total. The molecule has 0 bridgehead atoms. The fourth-order valence-corrected chi connectivity index (χ4v) is 3.84. The van der Waals surface area contributed by atoms with Crippen molar-refractivity contribution in [3.63, 3.8) is 0 Å². The molecular weight excluding hydrogens is 322 g/mol. The first-order chi connectivity index (χ1) is 11.6. The normalized spacial score (nSPS) is 12.6. The van der Waals surface area contributed by atoms with Gasteiger partial charge in [-0.3, -0.25) is 14.4 Å². The molecule has 0 saturated carbocycles. The van der Waals surface area contributed by atoms with E-state index in [0.29, 0.717) is 45.0 Å². The van der Waals surface area contributed by atoms with Gasteiger partial charge in [0, 0.05) is 33.7 Å². The Labute approximate surface area is 144 Å². The monoisotopic (exact) mass is 339 g/mol. The second-order valence-electron chi connectivity index (χ2n) is 5.36. The van der Waals surface area contributed by atoms with Gasteiger partial charge < -0.3 is 5.32 Å². The van der Waals surface area contributed by atoms with E-state index in [1.807, 2.05) is 13.8 Å². The molecule has 2 aromatic rings. The van der Waals surface area contributed by atoms with Crippen molar-refractivity contribution in [1.29, 1.82) is 0 Å². The zero-order valence-electron chi connectivity index (χ0n) is 13.5. The van der Waals surface area contributed by atoms with Crippen LogP contribution in [0.3, 0.4) is 0 Å². The molecule has 0 spiro atoms. The number of rotatable bonds is 4. The highest BCUT2D eigenvalue weighted by atomic mass is 32.2. The van der Waals surface area contributed by atoms with Gasteiger partial charge in [0.1, 0.15) is 0 Å². The fourth-order valence-electron chi connectivity index (χ4n) is 2.89. The molecule has 1 amide bonds. The Kier molecular flexibility index (Phi) is 4.53. The van der Waals surface area contributed by atoms with E-state index in [-0.39, 0.29) is 17.5 Å². The number of thioether (sulfide) groups is 1. The molecule has 2 aromatic carbocycles. The number of benzene rings is 2. The number of hydrogen-bond acceptors (Lipinski definition) is 4. The van der Waals surface area contributed by atoms with Gasteiger partial charge in [-0.25, -0.2) is 0 Å². The predicted octanol–water partition coefficient (Wildman–Crippen LogP) is 3.32. The minimum atomic E-state index is -0.227. The van der Waals surface area contributed by atoms with Crippen molar-refractivity contribution in [1.82, 2.24) is 5.32 Å². The van der Waals surface area contributed by atoms with Crippen LogP contribution in [0.15, 0.2) is 41.3 Å². The van der Waals surface area contributed by atoms with Crippen LogP contribution in [0.25, 0.3) is 0 Å². The summed E-state index contributed by atoms with van der Waals surface area (Å²) in [5, 5.41) is 2.76. The number of carbonyl (C=O) groups excluding carboxylic acids is 3. The smallest absolute Gasteiger partial charge is 0.252 e. The predicted molar refractivity (Wildman–Crippen MR) is 94.2 cm³/mol. The average Bonchev–Trinajstić information content (AvgIpc) is 2.60. The van der Waals surface area contributed by atoms with Crippen LogP contribution >= 0.6 is 11.8 Å². The van der Waals surface area contributed by atoms with Crippen LogP contribution in [0.2, 0.25) is 0 Å². The van der Waals surface area contributed by atoms with Crippen LogP contribution in [0.5, 0.6) is 0 Å². The summed E-state index contributed by atoms with van der Waals surface area (Å²) in [5.41, 5.74) is 2.01. The number of carbonyl (C=O) groups is 3. The Bertz CT molecular complexity index is 858. The van der Waals surface area contributed by atoms with Gasteiger partial charge in [0.2, 0.25) is 0 Å². The lowest BCUT2D eigenvalue weighted by molar-refractivity contribution is 0.0949. The first kappa shape index (κ1) is 16.5. The molecule has 0 fully saturated rings. The Hall–Kier alpha value is -2.40. The quantitative estimate of drug-likeness (QED) is 0.741. The summed E-state index contributed by atoms with van der Waals surface area (Å²) in [6.45, 7) is 4.30. The molecule has 24 heavy (non-hydrogen) atoms. The van der Waals surface area contributed by atoms with Gasteiger partial charge in [0.15, 0.2) is 11.6 Å². The van der Waals surface area contributed by atoms with Crippen LogP contribution < -0.4 is 5.32 Å². The first-order valence-electron chi connectivity index (χ1n) is 7.86. The molecule has 1 aliphatic carbocycles. The molecule has 0 aromatic heterocycles. The van der Waals surface area contributed by atoms with E-state index in [0.717, 1.165) is 0 Å². The largest absolute Gasteiger partial charge is 0.352 e. The minimum Gasteiger partial charge on any atom is -0.352 e. The number of hydrogen-bond donors (Lipinski definition) is 1. The fraction of sp³-hybridized carbons (Fsp3) is 0.211. The summed E-state index contributed by atoms with van der Waals surface area (Å²) in [5.74, 6) is 0.115. The molecule has 122 valence electrons. The molecule has 1 N–H and O–H groups in total. The molecule has 0 atom stereocenters. The van der Waals surface area contributed by atoms with Gasteiger partial charge >= 0.3 is 0 Å². The van der Waals surface area contributed by atoms with E-state index in [9.17, 15) is 14.4 Å². The third-order valence-electron chi connectivity index (χ3n) is 3.92. The maximum absolute atomic E-state index is 13.0. The highest BCUT2D eigenvalue weighted by Crippen LogP contribution is 2.36. The van der Waals surface area contributed by atoms with Gasteiger partial charge in [-0.15, -0.1) is 11.8 Å². The molecule has 1 aliphatic rings. The topological polar surface area (TPSA) is 63.2 Å². The summed E-state index contributed by atoms with van der Waals surface area (Å²) in [4.78, 5) is 38.7. The zero-order chi connectivity index (χ0) is 17.3. The summed E-state index contributed by atoms with van der Waals surface area (Å²) in [7, 11) is 0. The second kappa shape index (κ2) is 6.61. The number of amides is 1. The Morgan fingerprint density at radius 2 is 1.62 bits per heavy atom. The molecule has 0 aliphatic heterocycles. The lowest BCUT2D eigenvalue weighted by atomic mass is 9.83. The van der Waals surface area contributed by atoms with Crippen molar-refractivity contribution in [3.8, 4) is 0 Å². The Morgan fingerprint density at radius 1 is 0.958 bits per heavy atom. The van der Waals surface area contributed by atoms with Crippen molar-refractivity contribution in [2.75, 3.05) is 12.3 Å². The third kappa shape index (κ3) is 2.55. The molecule has 0 radical (unpaired) electrons. The molecule has 3 rings (SSSR count). The summed E-state index contributed by atoms with van der Waals surface area (Å²) in [6.07, 6.45) is 0. The van der Waals surface area contributed by atoms with E-state index in [1.54, 1.807) is 36.4 Å². The van der Waals surface area contributed by atoms with E-state index < -0.39 is 0 Å². The highest BCUT2D eigenvalue weighted by Gasteiger charge is 2.33. The van der Waals surface area contributed by atoms with E-state index in [1.165, 1.54) is 11.8 Å². The van der Waals surface area contributed by atoms with Crippen LogP contribution in [0.4, 0.5) is 0 Å². The zero-order valence-corrected chi connectivity index (χ0v) is 14.3. The van der Waals surface area contributed by atoms with Gasteiger partial charge in [0.05, 0.1) is 5.56 Å². The highest BCUT2D eigenvalue weighted by molar-refractivity contribution is 7.99. The Balaban J connectivity index is 2.25. The molecule has 5 heteroatoms. The number of ketones is 2. The summed E-state index contributed by atoms with van der Waals surface area (Å²) in [6, 6.07) is 10.1. The SMILES string of the molecule is CCNC(=O)c1ccc2c(c1SCC)C(=O)c1ccccc1C2=O. The van der Waals surface area contributed by atoms with Crippen molar-refractivity contribution in [2.24, 2.45) is 0 Å². The maximum atomic E-state index is 13.0. The van der Waals surface area contributed by atoms with E-state index >= 15 is 0 Å². The maximum Gasteiger partial charge on any atom is 0.252 e. The van der Waals surface area contributed by atoms with E-state index in [2.05, 4.69) is 5.32 Å². The number of fused-ring (bicyclic) bond motifs is 2. The van der Waals surface area contributed by atoms with Crippen LogP contribution in [0.1, 0.15) is 56.0 Å². The van der Waals surface area contributed by atoms with Crippen molar-refractivity contribution in [2.45, 2.75) is 18.7 Å². The van der Waals surface area contributed by atoms with Crippen molar-refractivity contribution < 1.29 is 14.4 Å². The summed E-state index contributed by atoms with van der Waals surface area (Å²) < 4.78 is 0. The van der Waals surface area contributed by atoms with Gasteiger partial charge in [0.25, 0.3) is 5.91 Å². The Morgan fingerprint density at radius 3 is 2.25 bits per heavy atom. The number of nitrogens with one attached hydrogen (secondary N) is 1. The van der Waals surface area contributed by atoms with E-state index in [4.69, 9.17) is 0 Å². The average molecular weight is 339 g/mol. The van der Waals surface area contributed by atoms with Gasteiger partial charge in [-0.2, -0.15) is 0 Å². The van der Waals surface area contributed by atoms with Crippen molar-refractivity contribution >= 4 is 29.2 Å². The van der Waals surface area contributed by atoms with Crippen LogP contribution in [0, 0.1) is 0 Å². The second-order valence-corrected chi connectivity index (χ2v) is 6.64. The van der Waals surface area contributed by atoms with Crippen LogP contribution in [-0.4, -0.2) is 29.8 Å². The van der Waals surface area contributed by atoms with Crippen LogP contribution in [-0.2, 0) is 0 Å². The molecule has 0 heterocycles. The summed E-state index contributed by atoms with van der Waals surface area (Å²) >= 11 is 1.42. The standard InChI is InChI=1S/C19H17NO3S/c1-3-20-19(23)14-10-9-13-15(18(14)24-4-2)17(22)12-8-6-5-7-11(12)16(13)21/h5-10H,3-4H2,1-2H3,(H,20,23). The first-order valence-corrected chi connectivity index (χ1v) is 8.85. The third-order valence-corrected chi connectivity index (χ3v) is 4.92. The molecular formula is C19H17NO3S. The molecule has 0 saturated heterocycles. The van der Waals surface area contributed by atoms with Crippen molar-refractivity contribution in [3.05, 3.63) is 64.2 Å². The lowest BCUT2D eigenvalue weighted by Crippen LogP contribution is -2.27. The molecule has 0 unspecified atom stereocenters. The lowest BCUT2D eigenvalue weighted by Gasteiger charge is -2.21.